The molecule has 20 heavy (non-hydrogen) atoms. The number of ether oxygens (including phenoxy) is 2. The van der Waals surface area contributed by atoms with Crippen LogP contribution in [0.1, 0.15) is 44.2 Å². The minimum Gasteiger partial charge on any atom is -0.496 e. The van der Waals surface area contributed by atoms with Crippen molar-refractivity contribution >= 4 is 0 Å². The summed E-state index contributed by atoms with van der Waals surface area (Å²) in [5.41, 5.74) is 1.12. The van der Waals surface area contributed by atoms with Gasteiger partial charge in [0.2, 0.25) is 0 Å². The van der Waals surface area contributed by atoms with Crippen LogP contribution in [0.15, 0.2) is 30.9 Å². The lowest BCUT2D eigenvalue weighted by Crippen LogP contribution is -2.23. The first kappa shape index (κ1) is 16.6. The van der Waals surface area contributed by atoms with E-state index >= 15 is 0 Å². The summed E-state index contributed by atoms with van der Waals surface area (Å²) < 4.78 is 11.0. The normalized spacial score (nSPS) is 11.9. The van der Waals surface area contributed by atoms with Crippen LogP contribution in [0.5, 0.6) is 11.5 Å². The third-order valence-electron chi connectivity index (χ3n) is 3.36. The van der Waals surface area contributed by atoms with Crippen molar-refractivity contribution in [1.29, 1.82) is 0 Å². The summed E-state index contributed by atoms with van der Waals surface area (Å²) in [4.78, 5) is 0. The second kappa shape index (κ2) is 9.43. The van der Waals surface area contributed by atoms with Crippen molar-refractivity contribution in [1.82, 2.24) is 5.32 Å². The molecule has 1 unspecified atom stereocenters. The molecule has 0 spiro atoms. The summed E-state index contributed by atoms with van der Waals surface area (Å²) in [6, 6.07) is 6.20. The van der Waals surface area contributed by atoms with E-state index in [9.17, 15) is 0 Å². The number of hydrogen-bond donors (Lipinski definition) is 1. The van der Waals surface area contributed by atoms with Gasteiger partial charge in [0, 0.05) is 6.04 Å². The molecule has 1 N–H and O–H groups in total. The SMILES string of the molecule is C=CCCCC(NCCC)c1c(OC)cccc1OC. The van der Waals surface area contributed by atoms with Gasteiger partial charge in [0.25, 0.3) is 0 Å². The fourth-order valence-electron chi connectivity index (χ4n) is 2.36. The Morgan fingerprint density at radius 1 is 1.25 bits per heavy atom. The Morgan fingerprint density at radius 2 is 1.90 bits per heavy atom. The number of unbranched alkanes of at least 4 members (excludes halogenated alkanes) is 1. The van der Waals surface area contributed by atoms with Gasteiger partial charge in [-0.1, -0.05) is 19.1 Å². The molecule has 1 aromatic rings. The topological polar surface area (TPSA) is 30.5 Å². The van der Waals surface area contributed by atoms with Gasteiger partial charge in [-0.25, -0.2) is 0 Å². The highest BCUT2D eigenvalue weighted by molar-refractivity contribution is 5.47. The number of allylic oxidation sites excluding steroid dienone is 1. The van der Waals surface area contributed by atoms with Gasteiger partial charge in [-0.15, -0.1) is 6.58 Å². The van der Waals surface area contributed by atoms with E-state index in [1.54, 1.807) is 14.2 Å². The maximum atomic E-state index is 5.51. The van der Waals surface area contributed by atoms with E-state index in [1.165, 1.54) is 0 Å². The third kappa shape index (κ3) is 4.57. The van der Waals surface area contributed by atoms with Crippen molar-refractivity contribution in [2.45, 2.75) is 38.6 Å². The molecule has 0 amide bonds. The van der Waals surface area contributed by atoms with E-state index in [1.807, 2.05) is 24.3 Å². The number of nitrogens with one attached hydrogen (secondary N) is 1. The van der Waals surface area contributed by atoms with Crippen LogP contribution < -0.4 is 14.8 Å². The quantitative estimate of drug-likeness (QED) is 0.516. The maximum Gasteiger partial charge on any atom is 0.127 e. The highest BCUT2D eigenvalue weighted by Gasteiger charge is 2.19. The molecular weight excluding hydrogens is 250 g/mol. The molecule has 0 fully saturated rings. The molecule has 0 aliphatic carbocycles. The molecule has 0 aromatic heterocycles. The lowest BCUT2D eigenvalue weighted by Gasteiger charge is -2.23. The van der Waals surface area contributed by atoms with Gasteiger partial charge in [0.15, 0.2) is 0 Å². The zero-order valence-corrected chi connectivity index (χ0v) is 12.9. The fourth-order valence-corrected chi connectivity index (χ4v) is 2.36. The molecule has 0 saturated heterocycles. The smallest absolute Gasteiger partial charge is 0.127 e. The molecule has 3 heteroatoms. The molecule has 0 aliphatic rings. The van der Waals surface area contributed by atoms with Crippen molar-refractivity contribution in [3.63, 3.8) is 0 Å². The average Bonchev–Trinajstić information content (AvgIpc) is 2.50. The monoisotopic (exact) mass is 277 g/mol. The average molecular weight is 277 g/mol. The zero-order valence-electron chi connectivity index (χ0n) is 12.9. The molecule has 0 saturated carbocycles. The van der Waals surface area contributed by atoms with Gasteiger partial charge in [0.1, 0.15) is 11.5 Å². The predicted molar refractivity (Wildman–Crippen MR) is 84.6 cm³/mol. The first-order chi connectivity index (χ1) is 9.78. The van der Waals surface area contributed by atoms with E-state index in [-0.39, 0.29) is 6.04 Å². The van der Waals surface area contributed by atoms with Crippen LogP contribution >= 0.6 is 0 Å². The molecule has 1 atom stereocenters. The Bertz CT molecular complexity index is 382. The highest BCUT2D eigenvalue weighted by Crippen LogP contribution is 2.36. The largest absolute Gasteiger partial charge is 0.496 e. The number of methoxy groups -OCH3 is 2. The van der Waals surface area contributed by atoms with E-state index in [0.29, 0.717) is 0 Å². The molecule has 0 radical (unpaired) electrons. The van der Waals surface area contributed by atoms with E-state index < -0.39 is 0 Å². The maximum absolute atomic E-state index is 5.51. The first-order valence-electron chi connectivity index (χ1n) is 7.33. The lowest BCUT2D eigenvalue weighted by molar-refractivity contribution is 0.364. The molecular formula is C17H27NO2. The highest BCUT2D eigenvalue weighted by atomic mass is 16.5. The molecule has 0 heterocycles. The minimum absolute atomic E-state index is 0.251. The van der Waals surface area contributed by atoms with Gasteiger partial charge >= 0.3 is 0 Å². The van der Waals surface area contributed by atoms with Crippen LogP contribution in [-0.2, 0) is 0 Å². The van der Waals surface area contributed by atoms with Crippen molar-refractivity contribution in [2.75, 3.05) is 20.8 Å². The van der Waals surface area contributed by atoms with Crippen LogP contribution in [0, 0.1) is 0 Å². The van der Waals surface area contributed by atoms with Crippen molar-refractivity contribution in [2.24, 2.45) is 0 Å². The summed E-state index contributed by atoms with van der Waals surface area (Å²) in [5, 5.41) is 3.60. The standard InChI is InChI=1S/C17H27NO2/c1-5-7-8-10-14(18-13-6-2)17-15(19-3)11-9-12-16(17)20-4/h5,9,11-12,14,18H,1,6-8,10,13H2,2-4H3. The van der Waals surface area contributed by atoms with E-state index in [2.05, 4.69) is 18.8 Å². The molecule has 0 bridgehead atoms. The molecule has 112 valence electrons. The van der Waals surface area contributed by atoms with Gasteiger partial charge in [-0.05, 0) is 44.4 Å². The molecule has 1 rings (SSSR count). The molecule has 1 aromatic carbocycles. The minimum atomic E-state index is 0.251. The van der Waals surface area contributed by atoms with Gasteiger partial charge in [0.05, 0.1) is 19.8 Å². The summed E-state index contributed by atoms with van der Waals surface area (Å²) >= 11 is 0. The number of rotatable bonds is 10. The second-order valence-corrected chi connectivity index (χ2v) is 4.80. The van der Waals surface area contributed by atoms with Gasteiger partial charge < -0.3 is 14.8 Å². The van der Waals surface area contributed by atoms with Crippen LogP contribution in [0.2, 0.25) is 0 Å². The molecule has 3 nitrogen and oxygen atoms in total. The summed E-state index contributed by atoms with van der Waals surface area (Å²) in [7, 11) is 3.41. The van der Waals surface area contributed by atoms with Crippen molar-refractivity contribution < 1.29 is 9.47 Å². The summed E-state index contributed by atoms with van der Waals surface area (Å²) in [6.07, 6.45) is 6.25. The Balaban J connectivity index is 3.00. The number of hydrogen-bond acceptors (Lipinski definition) is 3. The predicted octanol–water partition coefficient (Wildman–Crippen LogP) is 4.10. The van der Waals surface area contributed by atoms with Gasteiger partial charge in [-0.3, -0.25) is 0 Å². The molecule has 0 aliphatic heterocycles. The first-order valence-corrected chi connectivity index (χ1v) is 7.33. The van der Waals surface area contributed by atoms with Crippen LogP contribution in [0.3, 0.4) is 0 Å². The lowest BCUT2D eigenvalue weighted by atomic mass is 9.98. The van der Waals surface area contributed by atoms with Crippen LogP contribution in [-0.4, -0.2) is 20.8 Å². The van der Waals surface area contributed by atoms with Crippen LogP contribution in [0.25, 0.3) is 0 Å². The third-order valence-corrected chi connectivity index (χ3v) is 3.36. The Kier molecular flexibility index (Phi) is 7.81. The van der Waals surface area contributed by atoms with E-state index in [4.69, 9.17) is 9.47 Å². The fraction of sp³-hybridized carbons (Fsp3) is 0.529. The van der Waals surface area contributed by atoms with E-state index in [0.717, 1.165) is 49.3 Å². The summed E-state index contributed by atoms with van der Waals surface area (Å²) in [6.45, 7) is 6.95. The Morgan fingerprint density at radius 3 is 2.40 bits per heavy atom. The zero-order chi connectivity index (χ0) is 14.8. The van der Waals surface area contributed by atoms with Crippen LogP contribution in [0.4, 0.5) is 0 Å². The van der Waals surface area contributed by atoms with Gasteiger partial charge in [-0.2, -0.15) is 0 Å². The number of benzene rings is 1. The van der Waals surface area contributed by atoms with Crippen molar-refractivity contribution in [3.05, 3.63) is 36.4 Å². The van der Waals surface area contributed by atoms with Crippen molar-refractivity contribution in [3.8, 4) is 11.5 Å². The second-order valence-electron chi connectivity index (χ2n) is 4.80. The Labute approximate surface area is 123 Å². The Hall–Kier alpha value is -1.48. The summed E-state index contributed by atoms with van der Waals surface area (Å²) in [5.74, 6) is 1.77.